The van der Waals surface area contributed by atoms with E-state index in [0.717, 1.165) is 57.7 Å². The van der Waals surface area contributed by atoms with E-state index in [9.17, 15) is 33.9 Å². The maximum absolute atomic E-state index is 14.3. The molecule has 76 heavy (non-hydrogen) atoms. The summed E-state index contributed by atoms with van der Waals surface area (Å²) in [6, 6.07) is 18.4. The summed E-state index contributed by atoms with van der Waals surface area (Å²) in [6.07, 6.45) is 3.01. The van der Waals surface area contributed by atoms with Crippen molar-refractivity contribution >= 4 is 52.7 Å². The average molecular weight is 1060 g/mol. The van der Waals surface area contributed by atoms with E-state index in [1.54, 1.807) is 37.0 Å². The summed E-state index contributed by atoms with van der Waals surface area (Å²) in [5.74, 6) is -1.15. The number of β-amino-alcohol motifs (C(OH)–C–C–N with tert-alkyl or cyclic N) is 1. The van der Waals surface area contributed by atoms with E-state index in [0.29, 0.717) is 50.2 Å². The molecule has 1 aromatic heterocycles. The molecule has 0 radical (unpaired) electrons. The molecule has 1 fully saturated rings. The molecule has 0 spiro atoms. The highest BCUT2D eigenvalue weighted by Gasteiger charge is 2.45. The van der Waals surface area contributed by atoms with Gasteiger partial charge in [0.05, 0.1) is 33.9 Å². The fourth-order valence-corrected chi connectivity index (χ4v) is 11.2. The number of ether oxygens (including phenoxy) is 2. The van der Waals surface area contributed by atoms with Crippen LogP contribution in [0.4, 0.5) is 10.5 Å². The molecule has 1 unspecified atom stereocenters. The van der Waals surface area contributed by atoms with E-state index in [2.05, 4.69) is 50.5 Å². The minimum Gasteiger partial charge on any atom is -0.489 e. The van der Waals surface area contributed by atoms with Gasteiger partial charge in [-0.3, -0.25) is 28.9 Å². The van der Waals surface area contributed by atoms with Gasteiger partial charge in [0.2, 0.25) is 29.5 Å². The van der Waals surface area contributed by atoms with Crippen molar-refractivity contribution in [3.63, 3.8) is 0 Å². The number of aryl methyl sites for hydroxylation is 3. The number of para-hydroxylation sites is 1. The smallest absolute Gasteiger partial charge is 0.408 e. The van der Waals surface area contributed by atoms with Crippen LogP contribution in [-0.4, -0.2) is 112 Å². The Kier molecular flexibility index (Phi) is 19.0. The lowest BCUT2D eigenvalue weighted by Gasteiger charge is -2.36. The van der Waals surface area contributed by atoms with E-state index in [-0.39, 0.29) is 50.1 Å². The third-order valence-corrected chi connectivity index (χ3v) is 15.3. The first-order valence-corrected chi connectivity index (χ1v) is 27.7. The van der Waals surface area contributed by atoms with Crippen LogP contribution in [0.3, 0.4) is 0 Å². The lowest BCUT2D eigenvalue weighted by Crippen LogP contribution is -2.57. The van der Waals surface area contributed by atoms with Crippen LogP contribution in [0.15, 0.2) is 72.2 Å². The SMILES string of the molecule is Cc1ncsc1-c1ccc(CNCC2C[C@@H](O)CN2C(=O)[C@@H](NC(=O)CCCCCc2cccc(O[C@H](C)[C@H](CCC(N)=O)NC(=O)[C@@H]3Cc4cccc5c4N3C(=O)[C@@H](NC(=O)OC(C)(C)C)CC5)c2)C(C)(C)C)cc1. The van der Waals surface area contributed by atoms with E-state index < -0.39 is 71.2 Å². The number of aromatic nitrogens is 1. The third-order valence-electron chi connectivity index (χ3n) is 14.4. The zero-order valence-corrected chi connectivity index (χ0v) is 46.2. The van der Waals surface area contributed by atoms with Gasteiger partial charge in [0.1, 0.15) is 35.6 Å². The monoisotopic (exact) mass is 1060 g/mol. The Balaban J connectivity index is 0.885. The lowest BCUT2D eigenvalue weighted by atomic mass is 9.85. The van der Waals surface area contributed by atoms with Crippen LogP contribution in [0, 0.1) is 12.3 Å². The molecule has 3 aromatic carbocycles. The molecule has 410 valence electrons. The van der Waals surface area contributed by atoms with Crippen LogP contribution in [-0.2, 0) is 54.5 Å². The summed E-state index contributed by atoms with van der Waals surface area (Å²) in [5, 5.41) is 23.1. The van der Waals surface area contributed by atoms with Crippen LogP contribution in [0.2, 0.25) is 0 Å². The number of carbonyl (C=O) groups excluding carboxylic acids is 6. The van der Waals surface area contributed by atoms with Crippen molar-refractivity contribution in [1.82, 2.24) is 31.2 Å². The number of likely N-dealkylation sites (tertiary alicyclic amines) is 1. The highest BCUT2D eigenvalue weighted by molar-refractivity contribution is 7.13. The molecule has 6 amide bonds. The van der Waals surface area contributed by atoms with Crippen LogP contribution in [0.1, 0.15) is 128 Å². The van der Waals surface area contributed by atoms with E-state index in [1.165, 1.54) is 4.90 Å². The molecule has 3 aliphatic rings. The molecule has 1 saturated heterocycles. The fraction of sp³-hybridized carbons (Fsp3) is 0.534. The number of hydrogen-bond donors (Lipinski definition) is 6. The number of hydrogen-bond acceptors (Lipinski definition) is 12. The van der Waals surface area contributed by atoms with Crippen molar-refractivity contribution in [2.24, 2.45) is 11.1 Å². The Hall–Kier alpha value is -6.37. The van der Waals surface area contributed by atoms with E-state index in [1.807, 2.05) is 82.6 Å². The second-order valence-electron chi connectivity index (χ2n) is 22.7. The largest absolute Gasteiger partial charge is 0.489 e. The summed E-state index contributed by atoms with van der Waals surface area (Å²) in [6.45, 7) is 16.2. The van der Waals surface area contributed by atoms with Crippen molar-refractivity contribution in [1.29, 1.82) is 0 Å². The predicted molar refractivity (Wildman–Crippen MR) is 293 cm³/mol. The number of unbranched alkanes of at least 4 members (excludes halogenated alkanes) is 2. The molecular weight excluding hydrogens is 985 g/mol. The first kappa shape index (κ1) is 57.3. The predicted octanol–water partition coefficient (Wildman–Crippen LogP) is 6.82. The fourth-order valence-electron chi connectivity index (χ4n) is 10.4. The second-order valence-corrected chi connectivity index (χ2v) is 23.6. The third kappa shape index (κ3) is 15.2. The number of alkyl carbamates (subject to hydrolysis) is 1. The summed E-state index contributed by atoms with van der Waals surface area (Å²) >= 11 is 1.62. The quantitative estimate of drug-likeness (QED) is 0.0447. The Morgan fingerprint density at radius 2 is 1.66 bits per heavy atom. The van der Waals surface area contributed by atoms with Crippen LogP contribution in [0.5, 0.6) is 5.75 Å². The number of nitrogens with zero attached hydrogens (tertiary/aromatic N) is 3. The van der Waals surface area contributed by atoms with Crippen molar-refractivity contribution in [3.05, 3.63) is 100 Å². The Morgan fingerprint density at radius 3 is 2.36 bits per heavy atom. The van der Waals surface area contributed by atoms with Gasteiger partial charge in [0.25, 0.3) is 0 Å². The first-order chi connectivity index (χ1) is 36.0. The van der Waals surface area contributed by atoms with Gasteiger partial charge in [-0.15, -0.1) is 11.3 Å². The Morgan fingerprint density at radius 1 is 0.921 bits per heavy atom. The highest BCUT2D eigenvalue weighted by atomic mass is 32.1. The Bertz CT molecular complexity index is 2700. The first-order valence-electron chi connectivity index (χ1n) is 26.8. The van der Waals surface area contributed by atoms with E-state index >= 15 is 0 Å². The van der Waals surface area contributed by atoms with Crippen LogP contribution >= 0.6 is 11.3 Å². The number of benzene rings is 3. The molecule has 17 nitrogen and oxygen atoms in total. The van der Waals surface area contributed by atoms with Gasteiger partial charge in [0.15, 0.2) is 0 Å². The molecule has 18 heteroatoms. The van der Waals surface area contributed by atoms with Crippen LogP contribution < -0.4 is 36.6 Å². The lowest BCUT2D eigenvalue weighted by molar-refractivity contribution is -0.140. The average Bonchev–Trinajstić information content (AvgIpc) is 4.06. The van der Waals surface area contributed by atoms with Crippen molar-refractivity contribution in [3.8, 4) is 16.2 Å². The maximum atomic E-state index is 14.3. The number of anilines is 1. The van der Waals surface area contributed by atoms with Gasteiger partial charge in [0, 0.05) is 44.9 Å². The molecule has 7 atom stereocenters. The van der Waals surface area contributed by atoms with Gasteiger partial charge in [-0.2, -0.15) is 0 Å². The molecule has 0 aliphatic carbocycles. The molecule has 4 heterocycles. The second kappa shape index (κ2) is 25.2. The number of rotatable bonds is 22. The molecule has 3 aliphatic heterocycles. The highest BCUT2D eigenvalue weighted by Crippen LogP contribution is 2.39. The minimum atomic E-state index is -0.910. The van der Waals surface area contributed by atoms with Crippen molar-refractivity contribution in [2.45, 2.75) is 181 Å². The topological polar surface area (TPSA) is 235 Å². The van der Waals surface area contributed by atoms with Crippen LogP contribution in [0.25, 0.3) is 10.4 Å². The number of amides is 6. The number of thiazole rings is 1. The minimum absolute atomic E-state index is 0.00357. The number of carbonyl (C=O) groups is 6. The van der Waals surface area contributed by atoms with Gasteiger partial charge < -0.3 is 46.5 Å². The Labute approximate surface area is 451 Å². The van der Waals surface area contributed by atoms with Crippen molar-refractivity contribution < 1.29 is 43.3 Å². The number of nitrogens with two attached hydrogens (primary N) is 1. The number of aliphatic hydroxyl groups excluding tert-OH is 1. The van der Waals surface area contributed by atoms with Gasteiger partial charge in [-0.1, -0.05) is 81.8 Å². The molecule has 7 rings (SSSR count). The number of nitrogens with one attached hydrogen (secondary N) is 4. The number of primary amides is 1. The molecule has 0 bridgehead atoms. The zero-order chi connectivity index (χ0) is 54.9. The van der Waals surface area contributed by atoms with Crippen molar-refractivity contribution in [2.75, 3.05) is 18.0 Å². The summed E-state index contributed by atoms with van der Waals surface area (Å²) in [7, 11) is 0. The molecular formula is C58H78N8O9S. The summed E-state index contributed by atoms with van der Waals surface area (Å²) in [5.41, 5.74) is 12.8. The molecule has 7 N–H and O–H groups in total. The maximum Gasteiger partial charge on any atom is 0.408 e. The molecule has 0 saturated carbocycles. The van der Waals surface area contributed by atoms with E-state index in [4.69, 9.17) is 15.2 Å². The zero-order valence-electron chi connectivity index (χ0n) is 45.4. The normalized spacial score (nSPS) is 19.5. The summed E-state index contributed by atoms with van der Waals surface area (Å²) in [4.78, 5) is 89.8. The number of aliphatic hydroxyl groups is 1. The van der Waals surface area contributed by atoms with Gasteiger partial charge in [-0.25, -0.2) is 9.78 Å². The standard InChI is InChI=1S/C58H78N8O9S/c1-35-51(76-34-61-35)40-22-20-38(21-23-40)31-60-32-42-30-43(67)33-65(42)55(72)52(57(3,4)5)64-49(69)19-11-9-10-14-37-15-12-18-44(28-37)74-36(2)45(26-27-48(59)68)62-53(70)47-29-41-17-13-16-39-24-25-46(54(71)66(47)50(39)41)63-56(73)75-58(6,7)8/h12-13,15-18,20-23,28,34,36,42-43,45-47,52,60,67H,9-11,14,19,24-27,29-33H2,1-8H3,(H2,59,68)(H,62,70)(H,63,73)(H,64,69)/t36-,42?,43-,45+,46+,47+,52-/m1/s1. The summed E-state index contributed by atoms with van der Waals surface area (Å²) < 4.78 is 11.9. The molecule has 4 aromatic rings. The van der Waals surface area contributed by atoms with Gasteiger partial charge >= 0.3 is 6.09 Å². The van der Waals surface area contributed by atoms with Gasteiger partial charge in [-0.05, 0) is 125 Å².